The van der Waals surface area contributed by atoms with Crippen molar-refractivity contribution < 1.29 is 19.8 Å². The van der Waals surface area contributed by atoms with Crippen LogP contribution in [0.2, 0.25) is 0 Å². The van der Waals surface area contributed by atoms with Crippen molar-refractivity contribution in [2.45, 2.75) is 38.5 Å². The Morgan fingerprint density at radius 2 is 1.78 bits per heavy atom. The molecule has 0 radical (unpaired) electrons. The van der Waals surface area contributed by atoms with E-state index in [9.17, 15) is 19.8 Å². The highest BCUT2D eigenvalue weighted by Crippen LogP contribution is 2.24. The second-order valence-electron chi connectivity index (χ2n) is 5.42. The predicted molar refractivity (Wildman–Crippen MR) is 63.5 cm³/mol. The molecule has 0 aromatic heterocycles. The lowest BCUT2D eigenvalue weighted by molar-refractivity contribution is -0.135. The van der Waals surface area contributed by atoms with Crippen LogP contribution < -0.4 is 0 Å². The van der Waals surface area contributed by atoms with Crippen molar-refractivity contribution >= 4 is 11.8 Å². The molecule has 6 nitrogen and oxygen atoms in total. The van der Waals surface area contributed by atoms with Gasteiger partial charge in [0.15, 0.2) is 0 Å². The van der Waals surface area contributed by atoms with Crippen molar-refractivity contribution in [3.8, 4) is 0 Å². The lowest BCUT2D eigenvalue weighted by atomic mass is 10.1. The number of aliphatic hydroxyl groups excluding tert-OH is 2. The summed E-state index contributed by atoms with van der Waals surface area (Å²) in [6, 6.07) is 0.102. The summed E-state index contributed by atoms with van der Waals surface area (Å²) in [5.41, 5.74) is 0. The van der Waals surface area contributed by atoms with E-state index in [1.807, 2.05) is 13.8 Å². The second kappa shape index (κ2) is 4.85. The third-order valence-corrected chi connectivity index (χ3v) is 3.70. The van der Waals surface area contributed by atoms with E-state index < -0.39 is 12.2 Å². The zero-order valence-electron chi connectivity index (χ0n) is 10.7. The van der Waals surface area contributed by atoms with Crippen LogP contribution in [0, 0.1) is 5.92 Å². The number of likely N-dealkylation sites (tertiary alicyclic amines) is 2. The first-order valence-electron chi connectivity index (χ1n) is 6.34. The zero-order valence-corrected chi connectivity index (χ0v) is 10.7. The first-order chi connectivity index (χ1) is 8.40. The molecule has 2 aliphatic rings. The van der Waals surface area contributed by atoms with Crippen LogP contribution in [0.4, 0.5) is 0 Å². The number of aliphatic hydroxyl groups is 2. The van der Waals surface area contributed by atoms with Crippen molar-refractivity contribution in [2.24, 2.45) is 5.92 Å². The van der Waals surface area contributed by atoms with Gasteiger partial charge in [-0.3, -0.25) is 9.59 Å². The van der Waals surface area contributed by atoms with Gasteiger partial charge in [-0.15, -0.1) is 0 Å². The van der Waals surface area contributed by atoms with Crippen LogP contribution >= 0.6 is 0 Å². The Morgan fingerprint density at radius 1 is 1.22 bits per heavy atom. The van der Waals surface area contributed by atoms with Crippen molar-refractivity contribution in [2.75, 3.05) is 19.6 Å². The number of carbonyl (C=O) groups is 2. The maximum atomic E-state index is 12.2. The quantitative estimate of drug-likeness (QED) is 0.651. The van der Waals surface area contributed by atoms with E-state index in [2.05, 4.69) is 0 Å². The van der Waals surface area contributed by atoms with Gasteiger partial charge >= 0.3 is 0 Å². The molecule has 0 aromatic rings. The Morgan fingerprint density at radius 3 is 2.22 bits per heavy atom. The lowest BCUT2D eigenvalue weighted by Gasteiger charge is -2.22. The summed E-state index contributed by atoms with van der Waals surface area (Å²) in [7, 11) is 0. The molecule has 2 fully saturated rings. The van der Waals surface area contributed by atoms with Crippen LogP contribution in [0.5, 0.6) is 0 Å². The molecule has 102 valence electrons. The molecule has 2 amide bonds. The minimum atomic E-state index is -0.868. The minimum Gasteiger partial charge on any atom is -0.388 e. The van der Waals surface area contributed by atoms with E-state index in [1.165, 1.54) is 4.90 Å². The fraction of sp³-hybridized carbons (Fsp3) is 0.833. The standard InChI is InChI=1S/C12H20N2O4/c1-7(2)14-4-8(3-11(14)17)12(18)13-5-9(15)10(16)6-13/h7-10,15-16H,3-6H2,1-2H3. The second-order valence-corrected chi connectivity index (χ2v) is 5.42. The van der Waals surface area contributed by atoms with Gasteiger partial charge < -0.3 is 20.0 Å². The van der Waals surface area contributed by atoms with E-state index in [0.717, 1.165) is 0 Å². The van der Waals surface area contributed by atoms with Crippen molar-refractivity contribution in [3.05, 3.63) is 0 Å². The summed E-state index contributed by atoms with van der Waals surface area (Å²) in [6.45, 7) is 4.61. The maximum absolute atomic E-state index is 12.2. The molecular formula is C12H20N2O4. The summed E-state index contributed by atoms with van der Waals surface area (Å²) in [5, 5.41) is 18.9. The summed E-state index contributed by atoms with van der Waals surface area (Å²) < 4.78 is 0. The number of carbonyl (C=O) groups excluding carboxylic acids is 2. The smallest absolute Gasteiger partial charge is 0.228 e. The largest absolute Gasteiger partial charge is 0.388 e. The molecule has 2 heterocycles. The van der Waals surface area contributed by atoms with Gasteiger partial charge in [0.05, 0.1) is 18.1 Å². The molecule has 3 atom stereocenters. The molecular weight excluding hydrogens is 236 g/mol. The number of hydrogen-bond donors (Lipinski definition) is 2. The number of β-amino-alcohol motifs (C(OH)–C–C–N with tert-alkyl or cyclic N) is 2. The van der Waals surface area contributed by atoms with Gasteiger partial charge in [-0.05, 0) is 13.8 Å². The van der Waals surface area contributed by atoms with Crippen LogP contribution in [-0.4, -0.2) is 69.7 Å². The molecule has 0 bridgehead atoms. The molecule has 2 rings (SSSR count). The zero-order chi connectivity index (χ0) is 13.4. The van der Waals surface area contributed by atoms with Crippen molar-refractivity contribution in [1.82, 2.24) is 9.80 Å². The first-order valence-corrected chi connectivity index (χ1v) is 6.34. The van der Waals surface area contributed by atoms with Gasteiger partial charge in [0.25, 0.3) is 0 Å². The van der Waals surface area contributed by atoms with Gasteiger partial charge in [0.2, 0.25) is 11.8 Å². The normalized spacial score (nSPS) is 32.7. The van der Waals surface area contributed by atoms with Gasteiger partial charge in [0.1, 0.15) is 0 Å². The number of rotatable bonds is 2. The fourth-order valence-electron chi connectivity index (χ4n) is 2.60. The summed E-state index contributed by atoms with van der Waals surface area (Å²) >= 11 is 0. The lowest BCUT2D eigenvalue weighted by Crippen LogP contribution is -2.38. The maximum Gasteiger partial charge on any atom is 0.228 e. The van der Waals surface area contributed by atoms with E-state index >= 15 is 0 Å². The third-order valence-electron chi connectivity index (χ3n) is 3.70. The Balaban J connectivity index is 1.97. The van der Waals surface area contributed by atoms with E-state index in [4.69, 9.17) is 0 Å². The highest BCUT2D eigenvalue weighted by atomic mass is 16.3. The molecule has 0 spiro atoms. The van der Waals surface area contributed by atoms with Crippen LogP contribution in [0.1, 0.15) is 20.3 Å². The Kier molecular flexibility index (Phi) is 3.59. The molecule has 3 unspecified atom stereocenters. The highest BCUT2D eigenvalue weighted by Gasteiger charge is 2.41. The molecule has 0 saturated carbocycles. The van der Waals surface area contributed by atoms with E-state index in [0.29, 0.717) is 6.54 Å². The van der Waals surface area contributed by atoms with Gasteiger partial charge in [-0.2, -0.15) is 0 Å². The Bertz CT molecular complexity index is 348. The van der Waals surface area contributed by atoms with E-state index in [-0.39, 0.29) is 43.3 Å². The summed E-state index contributed by atoms with van der Waals surface area (Å²) in [5.74, 6) is -0.469. The number of hydrogen-bond acceptors (Lipinski definition) is 4. The van der Waals surface area contributed by atoms with Gasteiger partial charge in [-0.25, -0.2) is 0 Å². The Hall–Kier alpha value is -1.14. The molecule has 2 aliphatic heterocycles. The van der Waals surface area contributed by atoms with Crippen molar-refractivity contribution in [3.63, 3.8) is 0 Å². The Labute approximate surface area is 106 Å². The fourth-order valence-corrected chi connectivity index (χ4v) is 2.60. The van der Waals surface area contributed by atoms with Crippen LogP contribution in [0.15, 0.2) is 0 Å². The number of nitrogens with zero attached hydrogens (tertiary/aromatic N) is 2. The summed E-state index contributed by atoms with van der Waals surface area (Å²) in [4.78, 5) is 27.1. The molecule has 2 saturated heterocycles. The highest BCUT2D eigenvalue weighted by molar-refractivity contribution is 5.89. The average molecular weight is 256 g/mol. The topological polar surface area (TPSA) is 81.1 Å². The first kappa shape index (κ1) is 13.3. The monoisotopic (exact) mass is 256 g/mol. The minimum absolute atomic E-state index is 0.00337. The number of amides is 2. The molecule has 18 heavy (non-hydrogen) atoms. The van der Waals surface area contributed by atoms with Crippen molar-refractivity contribution in [1.29, 1.82) is 0 Å². The average Bonchev–Trinajstić information content (AvgIpc) is 2.82. The van der Waals surface area contributed by atoms with Crippen LogP contribution in [0.25, 0.3) is 0 Å². The molecule has 6 heteroatoms. The van der Waals surface area contributed by atoms with E-state index in [1.54, 1.807) is 4.90 Å². The third kappa shape index (κ3) is 2.35. The van der Waals surface area contributed by atoms with Crippen LogP contribution in [-0.2, 0) is 9.59 Å². The SMILES string of the molecule is CC(C)N1CC(C(=O)N2CC(O)C(O)C2)CC1=O. The predicted octanol–water partition coefficient (Wildman–Crippen LogP) is -1.19. The summed E-state index contributed by atoms with van der Waals surface area (Å²) in [6.07, 6.45) is -1.50. The van der Waals surface area contributed by atoms with Gasteiger partial charge in [-0.1, -0.05) is 0 Å². The molecule has 2 N–H and O–H groups in total. The molecule has 0 aromatic carbocycles. The van der Waals surface area contributed by atoms with Gasteiger partial charge in [0, 0.05) is 32.1 Å². The van der Waals surface area contributed by atoms with Crippen LogP contribution in [0.3, 0.4) is 0 Å². The molecule has 0 aliphatic carbocycles.